The second-order valence-corrected chi connectivity index (χ2v) is 4.27. The third kappa shape index (κ3) is 4.25. The van der Waals surface area contributed by atoms with Crippen LogP contribution >= 0.6 is 0 Å². The number of esters is 1. The van der Waals surface area contributed by atoms with Gasteiger partial charge in [-0.2, -0.15) is 0 Å². The molecule has 0 unspecified atom stereocenters. The van der Waals surface area contributed by atoms with Gasteiger partial charge in [-0.25, -0.2) is 4.79 Å². The number of furan rings is 1. The molecule has 1 aromatic rings. The van der Waals surface area contributed by atoms with Crippen molar-refractivity contribution in [1.29, 1.82) is 0 Å². The van der Waals surface area contributed by atoms with Gasteiger partial charge < -0.3 is 18.6 Å². The van der Waals surface area contributed by atoms with E-state index in [-0.39, 0.29) is 5.76 Å². The lowest BCUT2D eigenvalue weighted by Crippen LogP contribution is -2.37. The van der Waals surface area contributed by atoms with Crippen molar-refractivity contribution in [3.05, 3.63) is 17.9 Å². The molecule has 0 atom stereocenters. The van der Waals surface area contributed by atoms with E-state index in [1.165, 1.54) is 7.11 Å². The largest absolute Gasteiger partial charge is 0.468 e. The number of ether oxygens (including phenoxy) is 3. The van der Waals surface area contributed by atoms with Gasteiger partial charge in [0.15, 0.2) is 0 Å². The van der Waals surface area contributed by atoms with Crippen LogP contribution in [0.15, 0.2) is 16.5 Å². The predicted molar refractivity (Wildman–Crippen MR) is 67.4 cm³/mol. The van der Waals surface area contributed by atoms with Crippen molar-refractivity contribution in [2.45, 2.75) is 6.42 Å². The highest BCUT2D eigenvalue weighted by atomic mass is 16.6. The van der Waals surface area contributed by atoms with E-state index in [0.29, 0.717) is 12.6 Å². The van der Waals surface area contributed by atoms with Gasteiger partial charge in [0.25, 0.3) is 5.95 Å². The van der Waals surface area contributed by atoms with E-state index in [1.54, 1.807) is 12.1 Å². The maximum Gasteiger partial charge on any atom is 0.374 e. The second-order valence-electron chi connectivity index (χ2n) is 4.27. The van der Waals surface area contributed by atoms with Gasteiger partial charge in [0.2, 0.25) is 5.76 Å². The molecule has 1 saturated heterocycles. The first-order chi connectivity index (χ1) is 9.29. The minimum atomic E-state index is -0.453. The molecule has 0 spiro atoms. The third-order valence-corrected chi connectivity index (χ3v) is 2.94. The molecule has 106 valence electrons. The minimum absolute atomic E-state index is 0.170. The van der Waals surface area contributed by atoms with Crippen molar-refractivity contribution in [3.8, 4) is 5.95 Å². The number of hydrogen-bond donors (Lipinski definition) is 0. The number of nitrogens with zero attached hydrogens (tertiary/aromatic N) is 1. The second kappa shape index (κ2) is 7.16. The van der Waals surface area contributed by atoms with Crippen molar-refractivity contribution >= 4 is 5.97 Å². The highest BCUT2D eigenvalue weighted by Gasteiger charge is 2.14. The van der Waals surface area contributed by atoms with Crippen molar-refractivity contribution < 1.29 is 23.4 Å². The van der Waals surface area contributed by atoms with Crippen LogP contribution in [0.2, 0.25) is 0 Å². The standard InChI is InChI=1S/C13H19NO5/c1-16-12-4-3-11(19-12)13(15)18-8-2-5-14-6-9-17-10-7-14/h3-4H,2,5-10H2,1H3. The Balaban J connectivity index is 1.63. The number of carbonyl (C=O) groups excluding carboxylic acids is 1. The summed E-state index contributed by atoms with van der Waals surface area (Å²) in [6.07, 6.45) is 0.809. The maximum absolute atomic E-state index is 11.6. The first kappa shape index (κ1) is 13.9. The molecule has 0 N–H and O–H groups in total. The van der Waals surface area contributed by atoms with Gasteiger partial charge in [-0.1, -0.05) is 0 Å². The van der Waals surface area contributed by atoms with Crippen LogP contribution in [0.1, 0.15) is 17.0 Å². The van der Waals surface area contributed by atoms with E-state index in [9.17, 15) is 4.79 Å². The van der Waals surface area contributed by atoms with Gasteiger partial charge in [-0.15, -0.1) is 0 Å². The third-order valence-electron chi connectivity index (χ3n) is 2.94. The molecule has 0 amide bonds. The van der Waals surface area contributed by atoms with E-state index in [4.69, 9.17) is 18.6 Å². The van der Waals surface area contributed by atoms with Crippen LogP contribution in [0.25, 0.3) is 0 Å². The fraction of sp³-hybridized carbons (Fsp3) is 0.615. The Hall–Kier alpha value is -1.53. The molecular weight excluding hydrogens is 250 g/mol. The molecule has 0 aliphatic carbocycles. The summed E-state index contributed by atoms with van der Waals surface area (Å²) in [5, 5.41) is 0. The Bertz CT molecular complexity index is 397. The molecule has 6 heteroatoms. The van der Waals surface area contributed by atoms with E-state index >= 15 is 0 Å². The van der Waals surface area contributed by atoms with Gasteiger partial charge in [0, 0.05) is 25.7 Å². The lowest BCUT2D eigenvalue weighted by Gasteiger charge is -2.26. The van der Waals surface area contributed by atoms with Crippen LogP contribution in [-0.4, -0.2) is 57.4 Å². The van der Waals surface area contributed by atoms with Crippen molar-refractivity contribution in [1.82, 2.24) is 4.90 Å². The summed E-state index contributed by atoms with van der Waals surface area (Å²) in [5.74, 6) is 0.0220. The Morgan fingerprint density at radius 1 is 1.37 bits per heavy atom. The highest BCUT2D eigenvalue weighted by Crippen LogP contribution is 2.15. The van der Waals surface area contributed by atoms with E-state index in [1.807, 2.05) is 0 Å². The van der Waals surface area contributed by atoms with Gasteiger partial charge in [0.05, 0.1) is 26.9 Å². The fourth-order valence-corrected chi connectivity index (χ4v) is 1.89. The van der Waals surface area contributed by atoms with Crippen LogP contribution in [0.4, 0.5) is 0 Å². The average Bonchev–Trinajstić information content (AvgIpc) is 2.93. The van der Waals surface area contributed by atoms with E-state index in [2.05, 4.69) is 4.90 Å². The highest BCUT2D eigenvalue weighted by molar-refractivity contribution is 5.86. The zero-order valence-electron chi connectivity index (χ0n) is 11.1. The number of methoxy groups -OCH3 is 1. The van der Waals surface area contributed by atoms with Crippen LogP contribution in [0.5, 0.6) is 5.95 Å². The Kier molecular flexibility index (Phi) is 5.23. The molecule has 2 heterocycles. The lowest BCUT2D eigenvalue weighted by molar-refractivity contribution is 0.0286. The number of rotatable bonds is 6. The molecular formula is C13H19NO5. The van der Waals surface area contributed by atoms with Gasteiger partial charge in [-0.3, -0.25) is 4.90 Å². The summed E-state index contributed by atoms with van der Waals surface area (Å²) in [7, 11) is 1.48. The molecule has 0 aromatic carbocycles. The van der Waals surface area contributed by atoms with Crippen LogP contribution in [-0.2, 0) is 9.47 Å². The molecule has 1 aliphatic heterocycles. The molecule has 1 fully saturated rings. The van der Waals surface area contributed by atoms with Crippen molar-refractivity contribution in [2.75, 3.05) is 46.6 Å². The quantitative estimate of drug-likeness (QED) is 0.570. The molecule has 2 rings (SSSR count). The zero-order chi connectivity index (χ0) is 13.5. The van der Waals surface area contributed by atoms with Crippen LogP contribution < -0.4 is 4.74 Å². The topological polar surface area (TPSA) is 61.1 Å². The number of hydrogen-bond acceptors (Lipinski definition) is 6. The van der Waals surface area contributed by atoms with Gasteiger partial charge in [-0.05, 0) is 12.5 Å². The maximum atomic E-state index is 11.6. The Morgan fingerprint density at radius 2 is 2.16 bits per heavy atom. The molecule has 0 radical (unpaired) electrons. The summed E-state index contributed by atoms with van der Waals surface area (Å²) in [5.41, 5.74) is 0. The molecule has 0 saturated carbocycles. The van der Waals surface area contributed by atoms with Gasteiger partial charge in [0.1, 0.15) is 0 Å². The summed E-state index contributed by atoms with van der Waals surface area (Å²) in [4.78, 5) is 13.9. The molecule has 1 aliphatic rings. The monoisotopic (exact) mass is 269 g/mol. The molecule has 6 nitrogen and oxygen atoms in total. The number of morpholine rings is 1. The lowest BCUT2D eigenvalue weighted by atomic mass is 10.3. The van der Waals surface area contributed by atoms with Crippen LogP contribution in [0.3, 0.4) is 0 Å². The predicted octanol–water partition coefficient (Wildman–Crippen LogP) is 1.17. The summed E-state index contributed by atoms with van der Waals surface area (Å²) >= 11 is 0. The summed E-state index contributed by atoms with van der Waals surface area (Å²) < 4.78 is 20.4. The summed E-state index contributed by atoms with van der Waals surface area (Å²) in [6, 6.07) is 3.13. The normalized spacial score (nSPS) is 16.3. The molecule has 1 aromatic heterocycles. The van der Waals surface area contributed by atoms with Crippen molar-refractivity contribution in [3.63, 3.8) is 0 Å². The average molecular weight is 269 g/mol. The Labute approximate surface area is 112 Å². The first-order valence-corrected chi connectivity index (χ1v) is 6.40. The smallest absolute Gasteiger partial charge is 0.374 e. The van der Waals surface area contributed by atoms with E-state index < -0.39 is 5.97 Å². The van der Waals surface area contributed by atoms with Gasteiger partial charge >= 0.3 is 5.97 Å². The zero-order valence-corrected chi connectivity index (χ0v) is 11.1. The number of carbonyl (C=O) groups is 1. The summed E-state index contributed by atoms with van der Waals surface area (Å²) in [6.45, 7) is 4.77. The SMILES string of the molecule is COc1ccc(C(=O)OCCCN2CCOCC2)o1. The fourth-order valence-electron chi connectivity index (χ4n) is 1.89. The molecule has 19 heavy (non-hydrogen) atoms. The minimum Gasteiger partial charge on any atom is -0.468 e. The van der Waals surface area contributed by atoms with E-state index in [0.717, 1.165) is 39.3 Å². The molecule has 0 bridgehead atoms. The first-order valence-electron chi connectivity index (χ1n) is 6.40. The van der Waals surface area contributed by atoms with Crippen LogP contribution in [0, 0.1) is 0 Å². The van der Waals surface area contributed by atoms with Crippen molar-refractivity contribution in [2.24, 2.45) is 0 Å². The Morgan fingerprint density at radius 3 is 2.84 bits per heavy atom.